The van der Waals surface area contributed by atoms with E-state index in [1.54, 1.807) is 30.6 Å². The Morgan fingerprint density at radius 1 is 0.845 bits per heavy atom. The van der Waals surface area contributed by atoms with Crippen LogP contribution in [0.5, 0.6) is 11.6 Å². The van der Waals surface area contributed by atoms with Gasteiger partial charge in [-0.1, -0.05) is 12.1 Å². The van der Waals surface area contributed by atoms with Crippen LogP contribution in [0.4, 0.5) is 13.2 Å². The van der Waals surface area contributed by atoms with Crippen molar-refractivity contribution in [3.63, 3.8) is 0 Å². The molecule has 3 aromatic heterocycles. The van der Waals surface area contributed by atoms with Gasteiger partial charge in [-0.15, -0.1) is 0 Å². The number of amides is 4. The van der Waals surface area contributed by atoms with Crippen molar-refractivity contribution >= 4 is 45.4 Å². The highest BCUT2D eigenvalue weighted by Gasteiger charge is 2.45. The Labute approximate surface area is 331 Å². The Balaban J connectivity index is 0.736. The molecular weight excluding hydrogens is 754 g/mol. The Morgan fingerprint density at radius 3 is 2.41 bits per heavy atom. The van der Waals surface area contributed by atoms with E-state index in [0.717, 1.165) is 71.7 Å². The molecule has 1 N–H and O–H groups in total. The molecule has 0 bridgehead atoms. The number of aryl methyl sites for hydroxylation is 1. The minimum absolute atomic E-state index is 0.0572. The molecule has 2 aromatic carbocycles. The average Bonchev–Trinajstić information content (AvgIpc) is 3.62. The van der Waals surface area contributed by atoms with Gasteiger partial charge in [-0.3, -0.25) is 34.4 Å². The largest absolute Gasteiger partial charge is 0.494 e. The zero-order valence-corrected chi connectivity index (χ0v) is 31.8. The Bertz CT molecular complexity index is 2470. The van der Waals surface area contributed by atoms with E-state index in [0.29, 0.717) is 48.2 Å². The average molecular weight is 795 g/mol. The van der Waals surface area contributed by atoms with E-state index in [2.05, 4.69) is 20.2 Å². The van der Waals surface area contributed by atoms with Crippen LogP contribution in [0.25, 0.3) is 32.9 Å². The molecular formula is C43H41F3N6O6. The summed E-state index contributed by atoms with van der Waals surface area (Å²) in [7, 11) is 1.93. The highest BCUT2D eigenvalue weighted by molar-refractivity contribution is 6.23. The van der Waals surface area contributed by atoms with Crippen LogP contribution < -0.4 is 14.8 Å². The zero-order chi connectivity index (χ0) is 40.3. The van der Waals surface area contributed by atoms with Crippen LogP contribution in [0.15, 0.2) is 67.1 Å². The summed E-state index contributed by atoms with van der Waals surface area (Å²) in [5.74, 6) is -1.32. The van der Waals surface area contributed by atoms with E-state index in [1.165, 1.54) is 6.20 Å². The van der Waals surface area contributed by atoms with E-state index in [1.807, 2.05) is 35.9 Å². The molecule has 2 saturated heterocycles. The van der Waals surface area contributed by atoms with Crippen molar-refractivity contribution in [2.45, 2.75) is 63.3 Å². The predicted octanol–water partition coefficient (Wildman–Crippen LogP) is 6.55. The fraction of sp³-hybridized carbons (Fsp3) is 0.395. The van der Waals surface area contributed by atoms with Crippen molar-refractivity contribution < 1.29 is 41.8 Å². The Morgan fingerprint density at radius 2 is 1.64 bits per heavy atom. The summed E-state index contributed by atoms with van der Waals surface area (Å²) >= 11 is 0. The van der Waals surface area contributed by atoms with Crippen LogP contribution in [0, 0.1) is 11.8 Å². The number of ether oxygens (including phenoxy) is 2. The van der Waals surface area contributed by atoms with Crippen molar-refractivity contribution in [1.29, 1.82) is 0 Å². The first-order valence-electron chi connectivity index (χ1n) is 19.7. The van der Waals surface area contributed by atoms with Gasteiger partial charge in [-0.25, -0.2) is 4.98 Å². The number of aromatic nitrogens is 3. The van der Waals surface area contributed by atoms with Crippen molar-refractivity contribution in [3.8, 4) is 22.8 Å². The molecule has 3 aliphatic heterocycles. The number of nitrogens with one attached hydrogen (secondary N) is 1. The number of fused-ring (bicyclic) bond motifs is 4. The van der Waals surface area contributed by atoms with Crippen LogP contribution in [0.3, 0.4) is 0 Å². The molecule has 58 heavy (non-hydrogen) atoms. The number of likely N-dealkylation sites (tertiary alicyclic amines) is 1. The molecule has 1 saturated carbocycles. The Hall–Kier alpha value is -5.83. The standard InChI is InChI=1S/C43H41F3N6O6/c1-50-35-8-12-47-22-33(35)30-4-2-26(19-37(30)50)27-18-34(43(44,45)46)40(48-21-27)58-29-16-25(17-29)23-51-13-9-24(10-14-51)11-15-57-28-3-5-31-32(20-28)42(56)52(41(31)55)36-6-7-38(53)49-39(36)54/h2-5,8,12,18-22,24-25,29,36H,6-7,9-11,13-17,23H2,1H3,(H,49,53,54). The first-order chi connectivity index (χ1) is 27.9. The smallest absolute Gasteiger partial charge is 0.421 e. The molecule has 0 radical (unpaired) electrons. The van der Waals surface area contributed by atoms with Gasteiger partial charge < -0.3 is 18.9 Å². The number of alkyl halides is 3. The lowest BCUT2D eigenvalue weighted by Gasteiger charge is -2.40. The van der Waals surface area contributed by atoms with Crippen LogP contribution in [0.2, 0.25) is 0 Å². The molecule has 15 heteroatoms. The third kappa shape index (κ3) is 7.05. The highest BCUT2D eigenvalue weighted by atomic mass is 19.4. The molecule has 4 aliphatic rings. The predicted molar refractivity (Wildman–Crippen MR) is 206 cm³/mol. The summed E-state index contributed by atoms with van der Waals surface area (Å²) in [4.78, 5) is 61.8. The molecule has 1 aliphatic carbocycles. The van der Waals surface area contributed by atoms with Gasteiger partial charge in [0, 0.05) is 60.5 Å². The van der Waals surface area contributed by atoms with E-state index < -0.39 is 41.4 Å². The maximum atomic E-state index is 14.3. The third-order valence-electron chi connectivity index (χ3n) is 12.2. The molecule has 1 unspecified atom stereocenters. The topological polar surface area (TPSA) is 136 Å². The quantitative estimate of drug-likeness (QED) is 0.156. The number of piperidine rings is 2. The van der Waals surface area contributed by atoms with E-state index in [-0.39, 0.29) is 36.0 Å². The van der Waals surface area contributed by atoms with Crippen LogP contribution in [0.1, 0.15) is 71.2 Å². The number of halogens is 3. The minimum atomic E-state index is -4.63. The van der Waals surface area contributed by atoms with Crippen molar-refractivity contribution in [2.75, 3.05) is 26.2 Å². The summed E-state index contributed by atoms with van der Waals surface area (Å²) < 4.78 is 56.9. The first-order valence-corrected chi connectivity index (χ1v) is 19.7. The van der Waals surface area contributed by atoms with Crippen molar-refractivity contribution in [2.24, 2.45) is 18.9 Å². The molecule has 1 atom stereocenters. The molecule has 3 fully saturated rings. The molecule has 6 heterocycles. The van der Waals surface area contributed by atoms with Crippen molar-refractivity contribution in [3.05, 3.63) is 83.8 Å². The lowest BCUT2D eigenvalue weighted by atomic mass is 9.81. The molecule has 9 rings (SSSR count). The first kappa shape index (κ1) is 37.7. The van der Waals surface area contributed by atoms with E-state index in [9.17, 15) is 32.3 Å². The number of carbonyl (C=O) groups excluding carboxylic acids is 4. The van der Waals surface area contributed by atoms with Gasteiger partial charge in [0.05, 0.1) is 23.3 Å². The number of hydrogen-bond acceptors (Lipinski definition) is 9. The molecule has 0 spiro atoms. The fourth-order valence-corrected chi connectivity index (χ4v) is 8.92. The normalized spacial score (nSPS) is 21.7. The van der Waals surface area contributed by atoms with Gasteiger partial charge in [-0.2, -0.15) is 13.2 Å². The summed E-state index contributed by atoms with van der Waals surface area (Å²) in [6.45, 7) is 3.14. The summed E-state index contributed by atoms with van der Waals surface area (Å²) in [6, 6.07) is 12.4. The lowest BCUT2D eigenvalue weighted by Crippen LogP contribution is -2.54. The minimum Gasteiger partial charge on any atom is -0.494 e. The van der Waals surface area contributed by atoms with Crippen LogP contribution in [-0.4, -0.2) is 86.4 Å². The summed E-state index contributed by atoms with van der Waals surface area (Å²) in [5, 5.41) is 4.15. The molecule has 12 nitrogen and oxygen atoms in total. The van der Waals surface area contributed by atoms with Gasteiger partial charge in [0.2, 0.25) is 17.7 Å². The number of benzene rings is 2. The molecule has 5 aromatic rings. The summed E-state index contributed by atoms with van der Waals surface area (Å²) in [6.07, 6.45) is 4.29. The Kier molecular flexibility index (Phi) is 9.65. The van der Waals surface area contributed by atoms with Gasteiger partial charge in [-0.05, 0) is 105 Å². The van der Waals surface area contributed by atoms with Crippen LogP contribution in [-0.2, 0) is 22.8 Å². The van der Waals surface area contributed by atoms with Gasteiger partial charge in [0.15, 0.2) is 0 Å². The van der Waals surface area contributed by atoms with Crippen molar-refractivity contribution in [1.82, 2.24) is 29.7 Å². The maximum absolute atomic E-state index is 14.3. The second-order valence-electron chi connectivity index (χ2n) is 15.9. The summed E-state index contributed by atoms with van der Waals surface area (Å²) in [5.41, 5.74) is 2.39. The van der Waals surface area contributed by atoms with E-state index >= 15 is 0 Å². The number of rotatable bonds is 10. The second kappa shape index (κ2) is 14.8. The number of nitrogens with zero attached hydrogens (tertiary/aromatic N) is 5. The lowest BCUT2D eigenvalue weighted by molar-refractivity contribution is -0.140. The number of pyridine rings is 2. The molecule has 300 valence electrons. The van der Waals surface area contributed by atoms with Gasteiger partial charge >= 0.3 is 6.18 Å². The maximum Gasteiger partial charge on any atom is 0.421 e. The fourth-order valence-electron chi connectivity index (χ4n) is 8.92. The second-order valence-corrected chi connectivity index (χ2v) is 15.9. The monoisotopic (exact) mass is 794 g/mol. The zero-order valence-electron chi connectivity index (χ0n) is 31.8. The van der Waals surface area contributed by atoms with Crippen LogP contribution >= 0.6 is 0 Å². The third-order valence-corrected chi connectivity index (χ3v) is 12.2. The number of imide groups is 2. The SMILES string of the molecule is Cn1c2ccncc2c2ccc(-c3cnc(OC4CC(CN5CCC(CCOc6ccc7c(c6)C(=O)N(C6CCC(=O)NC6=O)C7=O)CC5)C4)c(C(F)(F)F)c3)cc21. The number of carbonyl (C=O) groups is 4. The van der Waals surface area contributed by atoms with E-state index in [4.69, 9.17) is 9.47 Å². The highest BCUT2D eigenvalue weighted by Crippen LogP contribution is 2.41. The number of hydrogen-bond donors (Lipinski definition) is 1. The van der Waals surface area contributed by atoms with Gasteiger partial charge in [0.1, 0.15) is 23.5 Å². The van der Waals surface area contributed by atoms with Gasteiger partial charge in [0.25, 0.3) is 11.8 Å². The molecule has 4 amide bonds.